The number of hydrogen-bond donors (Lipinski definition) is 0. The van der Waals surface area contributed by atoms with Gasteiger partial charge in [-0.1, -0.05) is 256 Å². The molecule has 6 aliphatic carbocycles. The monoisotopic (exact) mass is 953 g/mol. The minimum absolute atomic E-state index is 0.679. The molecule has 0 amide bonds. The average molecular weight is 954 g/mol. The van der Waals surface area contributed by atoms with E-state index in [1.807, 2.05) is 0 Å². The third kappa shape index (κ3) is 17.0. The van der Waals surface area contributed by atoms with Gasteiger partial charge in [-0.25, -0.2) is 0 Å². The zero-order valence-corrected chi connectivity index (χ0v) is 52.3. The van der Waals surface area contributed by atoms with Crippen molar-refractivity contribution in [1.82, 2.24) is 0 Å². The van der Waals surface area contributed by atoms with Gasteiger partial charge in [-0.15, -0.1) is 0 Å². The summed E-state index contributed by atoms with van der Waals surface area (Å²) >= 11 is 0. The molecule has 0 heterocycles. The van der Waals surface area contributed by atoms with E-state index in [9.17, 15) is 0 Å². The van der Waals surface area contributed by atoms with Crippen LogP contribution < -0.4 is 0 Å². The van der Waals surface area contributed by atoms with Crippen LogP contribution in [0.1, 0.15) is 333 Å². The fourth-order valence-electron chi connectivity index (χ4n) is 17.2. The molecule has 0 bridgehead atoms. The second-order valence-corrected chi connectivity index (χ2v) is 29.2. The molecule has 0 N–H and O–H groups in total. The van der Waals surface area contributed by atoms with Gasteiger partial charge in [0.05, 0.1) is 0 Å². The Bertz CT molecular complexity index is 1050. The van der Waals surface area contributed by atoms with Gasteiger partial charge in [0.1, 0.15) is 0 Å². The molecular formula is C68H136. The second-order valence-electron chi connectivity index (χ2n) is 29.2. The van der Waals surface area contributed by atoms with Crippen molar-refractivity contribution in [3.05, 3.63) is 0 Å². The standard InChI is InChI=1S/3C12H24.2C11H22.C10H20/c3*1-10(2)12(11(3)4)8-6-5-7-9-12;2*1-9(2)11(10(3)4)7-5-6-8-11;1-8(2)10(9(3)4)6-5-7-10/h3*10-11H,5-9H2,1-4H3;2*9-10H,5-8H2,1-4H3;8-9H,5-7H2,1-4H3. The Morgan fingerprint density at radius 1 is 0.132 bits per heavy atom. The summed E-state index contributed by atoms with van der Waals surface area (Å²) in [6.07, 6.45) is 38.3. The van der Waals surface area contributed by atoms with Gasteiger partial charge in [-0.05, 0) is 181 Å². The van der Waals surface area contributed by atoms with Crippen LogP contribution in [-0.4, -0.2) is 0 Å². The van der Waals surface area contributed by atoms with Gasteiger partial charge < -0.3 is 0 Å². The first-order chi connectivity index (χ1) is 31.6. The zero-order chi connectivity index (χ0) is 52.3. The van der Waals surface area contributed by atoms with E-state index in [-0.39, 0.29) is 0 Å². The molecule has 6 saturated carbocycles. The molecule has 0 heteroatoms. The maximum atomic E-state index is 2.41. The van der Waals surface area contributed by atoms with E-state index < -0.39 is 0 Å². The summed E-state index contributed by atoms with van der Waals surface area (Å²) in [6.45, 7) is 57.5. The largest absolute Gasteiger partial charge is 0.0622 e. The van der Waals surface area contributed by atoms with Crippen molar-refractivity contribution in [2.24, 2.45) is 104 Å². The highest BCUT2D eigenvalue weighted by molar-refractivity contribution is 4.94. The molecule has 0 atom stereocenters. The Morgan fingerprint density at radius 2 is 0.221 bits per heavy atom. The van der Waals surface area contributed by atoms with Crippen LogP contribution in [0.3, 0.4) is 0 Å². The lowest BCUT2D eigenvalue weighted by molar-refractivity contribution is 0.0135. The second kappa shape index (κ2) is 30.4. The van der Waals surface area contributed by atoms with Crippen molar-refractivity contribution in [1.29, 1.82) is 0 Å². The smallest absolute Gasteiger partial charge is 0.0251 e. The normalized spacial score (nSPS) is 23.5. The quantitative estimate of drug-likeness (QED) is 0.183. The molecular weight excluding hydrogens is 817 g/mol. The number of hydrogen-bond acceptors (Lipinski definition) is 0. The lowest BCUT2D eigenvalue weighted by Gasteiger charge is -2.49. The predicted octanol–water partition coefficient (Wildman–Crippen LogP) is 23.9. The molecule has 6 rings (SSSR count). The molecule has 0 aliphatic heterocycles. The Hall–Kier alpha value is 0. The highest BCUT2D eigenvalue weighted by Crippen LogP contribution is 2.54. The van der Waals surface area contributed by atoms with Crippen LogP contribution in [0.15, 0.2) is 0 Å². The summed E-state index contributed by atoms with van der Waals surface area (Å²) in [7, 11) is 0. The average Bonchev–Trinajstić information content (AvgIpc) is 3.98. The van der Waals surface area contributed by atoms with Gasteiger partial charge in [0.25, 0.3) is 0 Å². The van der Waals surface area contributed by atoms with Gasteiger partial charge in [0.2, 0.25) is 0 Å². The van der Waals surface area contributed by atoms with Crippen LogP contribution in [0.25, 0.3) is 0 Å². The van der Waals surface area contributed by atoms with Crippen molar-refractivity contribution in [3.63, 3.8) is 0 Å². The van der Waals surface area contributed by atoms with Crippen LogP contribution in [0.5, 0.6) is 0 Å². The van der Waals surface area contributed by atoms with E-state index >= 15 is 0 Å². The van der Waals surface area contributed by atoms with E-state index in [2.05, 4.69) is 166 Å². The van der Waals surface area contributed by atoms with Crippen molar-refractivity contribution in [2.75, 3.05) is 0 Å². The summed E-state index contributed by atoms with van der Waals surface area (Å²) < 4.78 is 0. The van der Waals surface area contributed by atoms with Crippen molar-refractivity contribution >= 4 is 0 Å². The van der Waals surface area contributed by atoms with Gasteiger partial charge in [0, 0.05) is 0 Å². The van der Waals surface area contributed by atoms with Crippen molar-refractivity contribution in [3.8, 4) is 0 Å². The lowest BCUT2D eigenvalue weighted by atomic mass is 9.56. The Labute approximate surface area is 434 Å². The molecule has 408 valence electrons. The van der Waals surface area contributed by atoms with Crippen LogP contribution in [-0.2, 0) is 0 Å². The fraction of sp³-hybridized carbons (Fsp3) is 1.00. The summed E-state index contributed by atoms with van der Waals surface area (Å²) in [5.41, 5.74) is 4.15. The maximum absolute atomic E-state index is 2.41. The molecule has 0 unspecified atom stereocenters. The maximum Gasteiger partial charge on any atom is -0.0251 e. The molecule has 0 aromatic heterocycles. The minimum Gasteiger partial charge on any atom is -0.0622 e. The zero-order valence-electron chi connectivity index (χ0n) is 52.3. The van der Waals surface area contributed by atoms with E-state index in [1.165, 1.54) is 167 Å². The first kappa shape index (κ1) is 66.0. The third-order valence-corrected chi connectivity index (χ3v) is 23.5. The molecule has 0 aromatic rings. The Balaban J connectivity index is 0.000000408. The first-order valence-corrected chi connectivity index (χ1v) is 31.6. The molecule has 6 fully saturated rings. The van der Waals surface area contributed by atoms with Crippen LogP contribution in [0.4, 0.5) is 0 Å². The van der Waals surface area contributed by atoms with Gasteiger partial charge >= 0.3 is 0 Å². The molecule has 0 radical (unpaired) electrons. The van der Waals surface area contributed by atoms with Gasteiger partial charge in [-0.3, -0.25) is 0 Å². The molecule has 0 nitrogen and oxygen atoms in total. The van der Waals surface area contributed by atoms with E-state index in [0.29, 0.717) is 27.1 Å². The molecule has 68 heavy (non-hydrogen) atoms. The van der Waals surface area contributed by atoms with Crippen LogP contribution in [0.2, 0.25) is 0 Å². The topological polar surface area (TPSA) is 0 Å². The highest BCUT2D eigenvalue weighted by Gasteiger charge is 2.43. The summed E-state index contributed by atoms with van der Waals surface area (Å²) in [4.78, 5) is 0. The van der Waals surface area contributed by atoms with Gasteiger partial charge in [0.15, 0.2) is 0 Å². The van der Waals surface area contributed by atoms with E-state index in [1.54, 1.807) is 0 Å². The van der Waals surface area contributed by atoms with E-state index in [4.69, 9.17) is 0 Å². The molecule has 0 aromatic carbocycles. The summed E-state index contributed by atoms with van der Waals surface area (Å²) in [6, 6.07) is 0. The summed E-state index contributed by atoms with van der Waals surface area (Å²) in [5.74, 6) is 10.5. The van der Waals surface area contributed by atoms with E-state index in [0.717, 1.165) is 76.4 Å². The summed E-state index contributed by atoms with van der Waals surface area (Å²) in [5, 5.41) is 0. The SMILES string of the molecule is CC(C)C1(C(C)C)CCC1.CC(C)C1(C(C)C)CCCC1.CC(C)C1(C(C)C)CCCC1.CC(C)C1(C(C)C)CCCCC1.CC(C)C1(C(C)C)CCCCC1.CC(C)C1(C(C)C)CCCCC1. The Kier molecular flexibility index (Phi) is 29.5. The molecule has 6 aliphatic rings. The first-order valence-electron chi connectivity index (χ1n) is 31.6. The van der Waals surface area contributed by atoms with Crippen LogP contribution in [0, 0.1) is 104 Å². The third-order valence-electron chi connectivity index (χ3n) is 23.5. The minimum atomic E-state index is 0.679. The Morgan fingerprint density at radius 3 is 0.279 bits per heavy atom. The van der Waals surface area contributed by atoms with Crippen molar-refractivity contribution in [2.45, 2.75) is 333 Å². The van der Waals surface area contributed by atoms with Gasteiger partial charge in [-0.2, -0.15) is 0 Å². The highest BCUT2D eigenvalue weighted by atomic mass is 14.5. The molecule has 0 spiro atoms. The van der Waals surface area contributed by atoms with Crippen LogP contribution >= 0.6 is 0 Å². The number of rotatable bonds is 12. The molecule has 0 saturated heterocycles. The predicted molar refractivity (Wildman–Crippen MR) is 313 cm³/mol. The van der Waals surface area contributed by atoms with Crippen molar-refractivity contribution < 1.29 is 0 Å². The fourth-order valence-corrected chi connectivity index (χ4v) is 17.2. The lowest BCUT2D eigenvalue weighted by Crippen LogP contribution is -2.39.